The molecule has 0 amide bonds. The van der Waals surface area contributed by atoms with Gasteiger partial charge in [-0.1, -0.05) is 0 Å². The molecule has 2 aromatic carbocycles. The van der Waals surface area contributed by atoms with Crippen molar-refractivity contribution in [2.24, 2.45) is 21.7 Å². The van der Waals surface area contributed by atoms with E-state index in [-0.39, 0.29) is 47.2 Å². The third-order valence-corrected chi connectivity index (χ3v) is 11.1. The van der Waals surface area contributed by atoms with Crippen molar-refractivity contribution >= 4 is 54.2 Å². The standard InChI is InChI=1S/C35H48O17S3/c1-32(2,28(36)48-18-9-21-53(40,41)42)22-34(5,6)30(38)51-24-10-14-26(15-11-24)54(43,44)27-16-12-25(13-17-27)52-31(39)35(7,8)23-33(3,4)29(37)49-19-20-50-55(45,46)47/h10-17H,9,18-23H2,1-8H3,(H,40,41,42)(H,45,46,47). The molecule has 17 nitrogen and oxygen atoms in total. The Hall–Kier alpha value is -3.95. The van der Waals surface area contributed by atoms with E-state index in [1.165, 1.54) is 76.2 Å². The maximum Gasteiger partial charge on any atom is 0.397 e. The van der Waals surface area contributed by atoms with E-state index < -0.39 is 94.9 Å². The zero-order chi connectivity index (χ0) is 42.3. The number of esters is 4. The number of hydrogen-bond acceptors (Lipinski definition) is 15. The summed E-state index contributed by atoms with van der Waals surface area (Å²) in [6, 6.07) is 10.1. The third-order valence-electron chi connectivity index (χ3n) is 8.00. The number of rotatable bonds is 20. The van der Waals surface area contributed by atoms with Crippen LogP contribution in [-0.4, -0.2) is 83.8 Å². The molecule has 2 aromatic rings. The van der Waals surface area contributed by atoms with Crippen molar-refractivity contribution in [3.05, 3.63) is 48.5 Å². The van der Waals surface area contributed by atoms with Crippen LogP contribution in [0.15, 0.2) is 58.3 Å². The summed E-state index contributed by atoms with van der Waals surface area (Å²) in [6.07, 6.45) is -0.174. The van der Waals surface area contributed by atoms with Crippen LogP contribution in [0, 0.1) is 21.7 Å². The molecule has 2 rings (SSSR count). The van der Waals surface area contributed by atoms with Gasteiger partial charge in [-0.2, -0.15) is 16.8 Å². The first kappa shape index (κ1) is 47.2. The van der Waals surface area contributed by atoms with Gasteiger partial charge in [0.25, 0.3) is 10.1 Å². The van der Waals surface area contributed by atoms with Gasteiger partial charge in [-0.15, -0.1) is 0 Å². The molecule has 55 heavy (non-hydrogen) atoms. The van der Waals surface area contributed by atoms with Gasteiger partial charge in [0, 0.05) is 0 Å². The highest BCUT2D eigenvalue weighted by atomic mass is 32.3. The fourth-order valence-electron chi connectivity index (χ4n) is 5.57. The van der Waals surface area contributed by atoms with Gasteiger partial charge in [-0.05, 0) is 123 Å². The van der Waals surface area contributed by atoms with Crippen molar-refractivity contribution in [3.8, 4) is 11.5 Å². The molecule has 0 aromatic heterocycles. The van der Waals surface area contributed by atoms with Gasteiger partial charge in [0.2, 0.25) is 9.84 Å². The second kappa shape index (κ2) is 17.9. The number of sulfone groups is 1. The quantitative estimate of drug-likeness (QED) is 0.0811. The van der Waals surface area contributed by atoms with E-state index in [9.17, 15) is 44.4 Å². The molecule has 0 unspecified atom stereocenters. The molecule has 0 aliphatic carbocycles. The van der Waals surface area contributed by atoms with Gasteiger partial charge >= 0.3 is 34.3 Å². The number of carbonyl (C=O) groups is 4. The van der Waals surface area contributed by atoms with Crippen LogP contribution in [0.2, 0.25) is 0 Å². The topological polar surface area (TPSA) is 257 Å². The monoisotopic (exact) mass is 836 g/mol. The molecule has 2 N–H and O–H groups in total. The van der Waals surface area contributed by atoms with Gasteiger partial charge in [0.1, 0.15) is 24.7 Å². The van der Waals surface area contributed by atoms with Crippen molar-refractivity contribution in [1.82, 2.24) is 0 Å². The number of carbonyl (C=O) groups excluding carboxylic acids is 4. The van der Waals surface area contributed by atoms with Gasteiger partial charge in [-0.3, -0.25) is 28.3 Å². The average molecular weight is 837 g/mol. The Morgan fingerprint density at radius 2 is 0.873 bits per heavy atom. The highest BCUT2D eigenvalue weighted by Crippen LogP contribution is 2.38. The summed E-state index contributed by atoms with van der Waals surface area (Å²) >= 11 is 0. The lowest BCUT2D eigenvalue weighted by Gasteiger charge is -2.31. The third kappa shape index (κ3) is 14.9. The van der Waals surface area contributed by atoms with Crippen molar-refractivity contribution in [2.75, 3.05) is 25.6 Å². The zero-order valence-corrected chi connectivity index (χ0v) is 34.3. The maximum absolute atomic E-state index is 13.4. The molecule has 0 heterocycles. The molecule has 0 aliphatic rings. The highest BCUT2D eigenvalue weighted by molar-refractivity contribution is 7.91. The van der Waals surface area contributed by atoms with Crippen LogP contribution in [0.3, 0.4) is 0 Å². The van der Waals surface area contributed by atoms with Crippen LogP contribution < -0.4 is 9.47 Å². The molecule has 0 atom stereocenters. The number of benzene rings is 2. The fraction of sp³-hybridized carbons (Fsp3) is 0.543. The molecular weight excluding hydrogens is 789 g/mol. The first-order valence-corrected chi connectivity index (χ1v) is 21.2. The second-order valence-corrected chi connectivity index (χ2v) is 19.9. The highest BCUT2D eigenvalue weighted by Gasteiger charge is 2.42. The lowest BCUT2D eigenvalue weighted by molar-refractivity contribution is -0.160. The van der Waals surface area contributed by atoms with Crippen molar-refractivity contribution < 1.29 is 76.7 Å². The summed E-state index contributed by atoms with van der Waals surface area (Å²) < 4.78 is 112. The van der Waals surface area contributed by atoms with Crippen LogP contribution in [0.1, 0.15) is 74.7 Å². The summed E-state index contributed by atoms with van der Waals surface area (Å²) in [7, 11) is -13.0. The Morgan fingerprint density at radius 1 is 0.527 bits per heavy atom. The Balaban J connectivity index is 2.03. The Bertz CT molecular complexity index is 1890. The minimum absolute atomic E-state index is 0.0158. The average Bonchev–Trinajstić information content (AvgIpc) is 3.03. The zero-order valence-electron chi connectivity index (χ0n) is 31.8. The van der Waals surface area contributed by atoms with Crippen molar-refractivity contribution in [2.45, 2.75) is 84.4 Å². The van der Waals surface area contributed by atoms with Gasteiger partial charge in [0.15, 0.2) is 0 Å². The molecule has 0 saturated heterocycles. The van der Waals surface area contributed by atoms with Gasteiger partial charge in [-0.25, -0.2) is 12.6 Å². The van der Waals surface area contributed by atoms with E-state index in [0.29, 0.717) is 0 Å². The first-order chi connectivity index (χ1) is 24.9. The summed E-state index contributed by atoms with van der Waals surface area (Å²) in [5.74, 6) is -3.39. The lowest BCUT2D eigenvalue weighted by Crippen LogP contribution is -2.38. The normalized spacial score (nSPS) is 13.1. The summed E-state index contributed by atoms with van der Waals surface area (Å²) in [6.45, 7) is 11.0. The van der Waals surface area contributed by atoms with Crippen LogP contribution in [0.25, 0.3) is 0 Å². The Kier molecular flexibility index (Phi) is 15.4. The van der Waals surface area contributed by atoms with E-state index in [1.807, 2.05) is 0 Å². The number of hydrogen-bond donors (Lipinski definition) is 2. The maximum atomic E-state index is 13.4. The predicted octanol–water partition coefficient (Wildman–Crippen LogP) is 4.40. The SMILES string of the molecule is CC(C)(CC(C)(C)C(=O)Oc1ccc(S(=O)(=O)c2ccc(OC(=O)C(C)(C)CC(C)(C)C(=O)OCCOS(=O)(=O)O)cc2)cc1)C(=O)OCCCS(=O)(=O)O. The van der Waals surface area contributed by atoms with Crippen molar-refractivity contribution in [3.63, 3.8) is 0 Å². The summed E-state index contributed by atoms with van der Waals surface area (Å²) in [4.78, 5) is 51.1. The molecular formula is C35H48O17S3. The molecule has 0 spiro atoms. The van der Waals surface area contributed by atoms with Crippen LogP contribution in [-0.2, 0) is 63.2 Å². The van der Waals surface area contributed by atoms with Gasteiger partial charge < -0.3 is 18.9 Å². The van der Waals surface area contributed by atoms with Gasteiger partial charge in [0.05, 0.1) is 43.8 Å². The van der Waals surface area contributed by atoms with Crippen molar-refractivity contribution in [1.29, 1.82) is 0 Å². The Morgan fingerprint density at radius 3 is 1.22 bits per heavy atom. The van der Waals surface area contributed by atoms with E-state index in [2.05, 4.69) is 4.18 Å². The molecule has 0 bridgehead atoms. The predicted molar refractivity (Wildman–Crippen MR) is 194 cm³/mol. The molecule has 0 fully saturated rings. The van der Waals surface area contributed by atoms with Crippen LogP contribution in [0.4, 0.5) is 0 Å². The van der Waals surface area contributed by atoms with E-state index in [0.717, 1.165) is 0 Å². The van der Waals surface area contributed by atoms with E-state index in [4.69, 9.17) is 28.1 Å². The molecule has 308 valence electrons. The molecule has 0 radical (unpaired) electrons. The fourth-order valence-corrected chi connectivity index (χ4v) is 7.59. The molecule has 0 aliphatic heterocycles. The second-order valence-electron chi connectivity index (χ2n) is 15.3. The summed E-state index contributed by atoms with van der Waals surface area (Å²) in [5, 5.41) is 0. The Labute approximate surface area is 321 Å². The first-order valence-electron chi connectivity index (χ1n) is 16.7. The van der Waals surface area contributed by atoms with Crippen LogP contribution in [0.5, 0.6) is 11.5 Å². The smallest absolute Gasteiger partial charge is 0.397 e. The lowest BCUT2D eigenvalue weighted by atomic mass is 9.75. The summed E-state index contributed by atoms with van der Waals surface area (Å²) in [5.41, 5.74) is -4.86. The van der Waals surface area contributed by atoms with E-state index >= 15 is 0 Å². The largest absolute Gasteiger partial charge is 0.465 e. The van der Waals surface area contributed by atoms with Crippen LogP contribution >= 0.6 is 0 Å². The van der Waals surface area contributed by atoms with E-state index in [1.54, 1.807) is 27.7 Å². The number of ether oxygens (including phenoxy) is 4. The molecule has 0 saturated carbocycles. The minimum Gasteiger partial charge on any atom is -0.465 e. The minimum atomic E-state index is -4.70. The molecule has 20 heteroatoms.